The van der Waals surface area contributed by atoms with E-state index in [0.29, 0.717) is 41.4 Å². The Balaban J connectivity index is 1.55. The van der Waals surface area contributed by atoms with Gasteiger partial charge in [0.05, 0.1) is 11.0 Å². The Labute approximate surface area is 167 Å². The van der Waals surface area contributed by atoms with Crippen molar-refractivity contribution in [3.8, 4) is 0 Å². The quantitative estimate of drug-likeness (QED) is 0.488. The van der Waals surface area contributed by atoms with Gasteiger partial charge in [0.15, 0.2) is 5.43 Å². The van der Waals surface area contributed by atoms with Crippen LogP contribution in [0.5, 0.6) is 0 Å². The van der Waals surface area contributed by atoms with E-state index in [4.69, 9.17) is 0 Å². The molecule has 4 nitrogen and oxygen atoms in total. The number of aryl methyl sites for hydroxylation is 2. The van der Waals surface area contributed by atoms with Gasteiger partial charge in [-0.15, -0.1) is 0 Å². The lowest BCUT2D eigenvalue weighted by Gasteiger charge is -2.15. The molecule has 1 heterocycles. The summed E-state index contributed by atoms with van der Waals surface area (Å²) in [6.45, 7) is 2.27. The van der Waals surface area contributed by atoms with E-state index in [9.17, 15) is 14.0 Å². The normalized spacial score (nSPS) is 11.1. The predicted molar refractivity (Wildman–Crippen MR) is 115 cm³/mol. The number of para-hydroxylation sites is 2. The molecule has 3 aromatic carbocycles. The summed E-state index contributed by atoms with van der Waals surface area (Å²) < 4.78 is 15.7. The van der Waals surface area contributed by atoms with E-state index in [0.717, 1.165) is 11.0 Å². The Morgan fingerprint density at radius 1 is 0.966 bits per heavy atom. The lowest BCUT2D eigenvalue weighted by atomic mass is 10.1. The third-order valence-electron chi connectivity index (χ3n) is 5.12. The standard InChI is InChI=1S/C24H21FN2O2/c1-16-12-13-17(15-20(16)25)26-23(28)11-6-14-27-21-9-4-2-7-18(21)24(29)19-8-3-5-10-22(19)27/h2-5,7-10,12-13,15H,6,11,14H2,1H3,(H,26,28). The first-order valence-corrected chi connectivity index (χ1v) is 9.61. The van der Waals surface area contributed by atoms with Crippen LogP contribution in [0.2, 0.25) is 0 Å². The number of carbonyl (C=O) groups is 1. The van der Waals surface area contributed by atoms with Gasteiger partial charge < -0.3 is 9.88 Å². The van der Waals surface area contributed by atoms with Crippen molar-refractivity contribution in [3.05, 3.63) is 88.3 Å². The van der Waals surface area contributed by atoms with Crippen molar-refractivity contribution in [1.82, 2.24) is 4.57 Å². The Morgan fingerprint density at radius 2 is 1.59 bits per heavy atom. The summed E-state index contributed by atoms with van der Waals surface area (Å²) in [6, 6.07) is 19.7. The zero-order chi connectivity index (χ0) is 20.4. The van der Waals surface area contributed by atoms with Crippen molar-refractivity contribution < 1.29 is 9.18 Å². The molecular formula is C24H21FN2O2. The molecule has 0 fully saturated rings. The van der Waals surface area contributed by atoms with Crippen LogP contribution in [0.25, 0.3) is 21.8 Å². The number of hydrogen-bond acceptors (Lipinski definition) is 2. The highest BCUT2D eigenvalue weighted by Gasteiger charge is 2.11. The summed E-state index contributed by atoms with van der Waals surface area (Å²) in [5.41, 5.74) is 2.73. The van der Waals surface area contributed by atoms with Gasteiger partial charge in [-0.2, -0.15) is 0 Å². The first kappa shape index (κ1) is 18.9. The van der Waals surface area contributed by atoms with Crippen LogP contribution in [0.3, 0.4) is 0 Å². The zero-order valence-electron chi connectivity index (χ0n) is 16.1. The molecule has 0 atom stereocenters. The second kappa shape index (κ2) is 7.87. The molecule has 5 heteroatoms. The van der Waals surface area contributed by atoms with Gasteiger partial charge >= 0.3 is 0 Å². The molecule has 0 spiro atoms. The highest BCUT2D eigenvalue weighted by atomic mass is 19.1. The summed E-state index contributed by atoms with van der Waals surface area (Å²) >= 11 is 0. The average Bonchev–Trinajstić information content (AvgIpc) is 2.73. The minimum atomic E-state index is -0.339. The fraction of sp³-hybridized carbons (Fsp3) is 0.167. The van der Waals surface area contributed by atoms with Crippen LogP contribution >= 0.6 is 0 Å². The first-order valence-electron chi connectivity index (χ1n) is 9.61. The number of benzene rings is 3. The van der Waals surface area contributed by atoms with E-state index in [1.54, 1.807) is 19.1 Å². The summed E-state index contributed by atoms with van der Waals surface area (Å²) in [7, 11) is 0. The molecule has 0 unspecified atom stereocenters. The number of fused-ring (bicyclic) bond motifs is 2. The summed E-state index contributed by atoms with van der Waals surface area (Å²) in [6.07, 6.45) is 0.890. The highest BCUT2D eigenvalue weighted by Crippen LogP contribution is 2.20. The topological polar surface area (TPSA) is 51.1 Å². The lowest BCUT2D eigenvalue weighted by molar-refractivity contribution is -0.116. The second-order valence-electron chi connectivity index (χ2n) is 7.13. The largest absolute Gasteiger partial charge is 0.340 e. The monoisotopic (exact) mass is 388 g/mol. The van der Waals surface area contributed by atoms with Gasteiger partial charge in [-0.1, -0.05) is 30.3 Å². The molecule has 1 amide bonds. The van der Waals surface area contributed by atoms with E-state index in [-0.39, 0.29) is 17.2 Å². The lowest BCUT2D eigenvalue weighted by Crippen LogP contribution is -2.15. The van der Waals surface area contributed by atoms with Crippen LogP contribution in [0.1, 0.15) is 18.4 Å². The SMILES string of the molecule is Cc1ccc(NC(=O)CCCn2c3ccccc3c(=O)c3ccccc32)cc1F. The first-order chi connectivity index (χ1) is 14.0. The molecule has 0 saturated heterocycles. The second-order valence-corrected chi connectivity index (χ2v) is 7.13. The van der Waals surface area contributed by atoms with Crippen molar-refractivity contribution in [3.63, 3.8) is 0 Å². The Hall–Kier alpha value is -3.47. The van der Waals surface area contributed by atoms with E-state index in [1.807, 2.05) is 48.5 Å². The average molecular weight is 388 g/mol. The minimum Gasteiger partial charge on any atom is -0.340 e. The molecule has 0 aliphatic rings. The van der Waals surface area contributed by atoms with Gasteiger partial charge in [-0.25, -0.2) is 4.39 Å². The van der Waals surface area contributed by atoms with Gasteiger partial charge in [-0.05, 0) is 55.3 Å². The van der Waals surface area contributed by atoms with E-state index in [2.05, 4.69) is 9.88 Å². The van der Waals surface area contributed by atoms with Gasteiger partial charge in [0.25, 0.3) is 0 Å². The molecule has 1 N–H and O–H groups in total. The number of nitrogens with one attached hydrogen (secondary N) is 1. The number of anilines is 1. The van der Waals surface area contributed by atoms with Crippen molar-refractivity contribution in [2.45, 2.75) is 26.3 Å². The molecule has 146 valence electrons. The smallest absolute Gasteiger partial charge is 0.224 e. The Kier molecular flexibility index (Phi) is 5.12. The van der Waals surface area contributed by atoms with E-state index >= 15 is 0 Å². The van der Waals surface area contributed by atoms with Gasteiger partial charge in [0.2, 0.25) is 5.91 Å². The number of halogens is 1. The molecule has 4 rings (SSSR count). The third kappa shape index (κ3) is 3.76. The number of hydrogen-bond donors (Lipinski definition) is 1. The number of carbonyl (C=O) groups excluding carboxylic acids is 1. The maximum Gasteiger partial charge on any atom is 0.224 e. The van der Waals surface area contributed by atoms with Gasteiger partial charge in [0, 0.05) is 29.4 Å². The number of aromatic nitrogens is 1. The van der Waals surface area contributed by atoms with Crippen LogP contribution < -0.4 is 10.7 Å². The van der Waals surface area contributed by atoms with Crippen molar-refractivity contribution in [2.75, 3.05) is 5.32 Å². The number of pyridine rings is 1. The highest BCUT2D eigenvalue weighted by molar-refractivity contribution is 5.93. The summed E-state index contributed by atoms with van der Waals surface area (Å²) in [5.74, 6) is -0.503. The summed E-state index contributed by atoms with van der Waals surface area (Å²) in [4.78, 5) is 25.1. The molecular weight excluding hydrogens is 367 g/mol. The molecule has 0 bridgehead atoms. The predicted octanol–water partition coefficient (Wildman–Crippen LogP) is 5.02. The zero-order valence-corrected chi connectivity index (χ0v) is 16.1. The maximum atomic E-state index is 13.7. The van der Waals surface area contributed by atoms with Crippen LogP contribution in [0, 0.1) is 12.7 Å². The molecule has 4 aromatic rings. The fourth-order valence-corrected chi connectivity index (χ4v) is 3.61. The number of nitrogens with zero attached hydrogens (tertiary/aromatic N) is 1. The minimum absolute atomic E-state index is 0.0200. The molecule has 0 radical (unpaired) electrons. The number of rotatable bonds is 5. The molecule has 0 saturated carbocycles. The molecule has 1 aromatic heterocycles. The van der Waals surface area contributed by atoms with Crippen molar-refractivity contribution in [2.24, 2.45) is 0 Å². The van der Waals surface area contributed by atoms with E-state index in [1.165, 1.54) is 6.07 Å². The summed E-state index contributed by atoms with van der Waals surface area (Å²) in [5, 5.41) is 4.09. The fourth-order valence-electron chi connectivity index (χ4n) is 3.61. The van der Waals surface area contributed by atoms with Crippen LogP contribution in [-0.4, -0.2) is 10.5 Å². The molecule has 29 heavy (non-hydrogen) atoms. The van der Waals surface area contributed by atoms with Crippen molar-refractivity contribution >= 4 is 33.4 Å². The van der Waals surface area contributed by atoms with E-state index < -0.39 is 0 Å². The van der Waals surface area contributed by atoms with Gasteiger partial charge in [-0.3, -0.25) is 9.59 Å². The third-order valence-corrected chi connectivity index (χ3v) is 5.12. The van der Waals surface area contributed by atoms with Crippen LogP contribution in [-0.2, 0) is 11.3 Å². The maximum absolute atomic E-state index is 13.7. The van der Waals surface area contributed by atoms with Crippen LogP contribution in [0.15, 0.2) is 71.5 Å². The Bertz CT molecular complexity index is 1220. The Morgan fingerprint density at radius 3 is 2.21 bits per heavy atom. The van der Waals surface area contributed by atoms with Crippen LogP contribution in [0.4, 0.5) is 10.1 Å². The number of amides is 1. The van der Waals surface area contributed by atoms with Gasteiger partial charge in [0.1, 0.15) is 5.82 Å². The molecule has 0 aliphatic carbocycles. The van der Waals surface area contributed by atoms with Crippen molar-refractivity contribution in [1.29, 1.82) is 0 Å². The molecule has 0 aliphatic heterocycles.